The SMILES string of the molecule is CCC([Si])c1nc2ccccc2s1.S.S.S.S. The Balaban J connectivity index is -0.000000490. The molecule has 1 heterocycles. The van der Waals surface area contributed by atoms with Gasteiger partial charge in [0.2, 0.25) is 0 Å². The monoisotopic (exact) mass is 340 g/mol. The molecule has 0 saturated carbocycles. The van der Waals surface area contributed by atoms with E-state index in [4.69, 9.17) is 0 Å². The molecular weight excluding hydrogens is 323 g/mol. The Morgan fingerprint density at radius 1 is 1.18 bits per heavy atom. The van der Waals surface area contributed by atoms with Crippen molar-refractivity contribution in [1.82, 2.24) is 4.98 Å². The lowest BCUT2D eigenvalue weighted by Gasteiger charge is -2.00. The first-order valence-electron chi connectivity index (χ1n) is 4.38. The van der Waals surface area contributed by atoms with Gasteiger partial charge in [0.1, 0.15) is 0 Å². The molecule has 0 N–H and O–H groups in total. The second-order valence-electron chi connectivity index (χ2n) is 2.98. The lowest BCUT2D eigenvalue weighted by Crippen LogP contribution is -1.93. The number of benzene rings is 1. The molecule has 0 aliphatic heterocycles. The highest BCUT2D eigenvalue weighted by atomic mass is 32.1. The minimum Gasteiger partial charge on any atom is -0.241 e. The molecule has 3 radical (unpaired) electrons. The predicted octanol–water partition coefficient (Wildman–Crippen LogP) is 3.37. The molecule has 0 bridgehead atoms. The van der Waals surface area contributed by atoms with E-state index in [0.29, 0.717) is 5.54 Å². The smallest absolute Gasteiger partial charge is 0.0934 e. The van der Waals surface area contributed by atoms with Crippen LogP contribution in [-0.2, 0) is 0 Å². The van der Waals surface area contributed by atoms with Gasteiger partial charge in [-0.1, -0.05) is 25.5 Å². The third-order valence-electron chi connectivity index (χ3n) is 2.02. The highest BCUT2D eigenvalue weighted by molar-refractivity contribution is 7.59. The van der Waals surface area contributed by atoms with Crippen LogP contribution in [0, 0.1) is 0 Å². The number of hydrogen-bond donors (Lipinski definition) is 0. The second-order valence-corrected chi connectivity index (χ2v) is 4.74. The van der Waals surface area contributed by atoms with Gasteiger partial charge in [-0.25, -0.2) is 4.98 Å². The van der Waals surface area contributed by atoms with Crippen molar-refractivity contribution in [2.45, 2.75) is 18.9 Å². The molecular formula is C10H18NS5Si. The third kappa shape index (κ3) is 5.48. The van der Waals surface area contributed by atoms with E-state index in [-0.39, 0.29) is 54.0 Å². The Labute approximate surface area is 138 Å². The molecule has 17 heavy (non-hydrogen) atoms. The van der Waals surface area contributed by atoms with E-state index in [2.05, 4.69) is 40.3 Å². The zero-order valence-electron chi connectivity index (χ0n) is 9.45. The van der Waals surface area contributed by atoms with Gasteiger partial charge < -0.3 is 0 Å². The number of thiazole rings is 1. The van der Waals surface area contributed by atoms with Crippen LogP contribution >= 0.6 is 65.3 Å². The molecule has 1 nitrogen and oxygen atoms in total. The second kappa shape index (κ2) is 10.6. The minimum atomic E-state index is 0. The molecule has 2 aromatic rings. The van der Waals surface area contributed by atoms with Gasteiger partial charge in [0.25, 0.3) is 0 Å². The highest BCUT2D eigenvalue weighted by Gasteiger charge is 2.08. The topological polar surface area (TPSA) is 12.9 Å². The van der Waals surface area contributed by atoms with Crippen LogP contribution in [0.1, 0.15) is 23.9 Å². The molecule has 2 rings (SSSR count). The molecule has 0 aliphatic carbocycles. The van der Waals surface area contributed by atoms with Crippen LogP contribution in [0.4, 0.5) is 0 Å². The van der Waals surface area contributed by atoms with Crippen LogP contribution in [0.5, 0.6) is 0 Å². The Morgan fingerprint density at radius 3 is 2.29 bits per heavy atom. The first kappa shape index (κ1) is 22.9. The van der Waals surface area contributed by atoms with E-state index in [0.717, 1.165) is 11.9 Å². The van der Waals surface area contributed by atoms with Gasteiger partial charge in [0.15, 0.2) is 0 Å². The fourth-order valence-electron chi connectivity index (χ4n) is 1.21. The molecule has 7 heteroatoms. The molecule has 1 unspecified atom stereocenters. The first-order chi connectivity index (χ1) is 6.31. The average Bonchev–Trinajstić information content (AvgIpc) is 2.59. The number of fused-ring (bicyclic) bond motifs is 1. The number of nitrogens with zero attached hydrogens (tertiary/aromatic N) is 1. The fourth-order valence-corrected chi connectivity index (χ4v) is 2.50. The normalized spacial score (nSPS) is 10.2. The van der Waals surface area contributed by atoms with E-state index in [1.165, 1.54) is 9.71 Å². The average molecular weight is 341 g/mol. The van der Waals surface area contributed by atoms with Gasteiger partial charge >= 0.3 is 0 Å². The molecule has 1 atom stereocenters. The van der Waals surface area contributed by atoms with Crippen molar-refractivity contribution >= 4 is 85.8 Å². The predicted molar refractivity (Wildman–Crippen MR) is 99.9 cm³/mol. The van der Waals surface area contributed by atoms with Crippen LogP contribution in [-0.4, -0.2) is 15.2 Å². The van der Waals surface area contributed by atoms with Crippen LogP contribution < -0.4 is 0 Å². The molecule has 97 valence electrons. The van der Waals surface area contributed by atoms with Gasteiger partial charge in [0.05, 0.1) is 15.2 Å². The summed E-state index contributed by atoms with van der Waals surface area (Å²) >= 11 is 1.77. The van der Waals surface area contributed by atoms with E-state index >= 15 is 0 Å². The summed E-state index contributed by atoms with van der Waals surface area (Å²) in [5, 5.41) is 1.18. The maximum Gasteiger partial charge on any atom is 0.0934 e. The quantitative estimate of drug-likeness (QED) is 0.764. The van der Waals surface area contributed by atoms with Crippen molar-refractivity contribution in [3.8, 4) is 0 Å². The number of para-hydroxylation sites is 1. The van der Waals surface area contributed by atoms with Crippen molar-refractivity contribution in [1.29, 1.82) is 0 Å². The largest absolute Gasteiger partial charge is 0.241 e. The lowest BCUT2D eigenvalue weighted by atomic mass is 10.3. The van der Waals surface area contributed by atoms with Gasteiger partial charge in [-0.3, -0.25) is 0 Å². The van der Waals surface area contributed by atoms with Crippen molar-refractivity contribution in [2.24, 2.45) is 0 Å². The third-order valence-corrected chi connectivity index (χ3v) is 4.06. The lowest BCUT2D eigenvalue weighted by molar-refractivity contribution is 0.874. The molecule has 1 aromatic heterocycles. The molecule has 0 spiro atoms. The summed E-state index contributed by atoms with van der Waals surface area (Å²) in [7, 11) is 3.66. The van der Waals surface area contributed by atoms with Crippen molar-refractivity contribution in [3.63, 3.8) is 0 Å². The summed E-state index contributed by atoms with van der Waals surface area (Å²) in [5.41, 5.74) is 1.51. The van der Waals surface area contributed by atoms with E-state index < -0.39 is 0 Å². The minimum absolute atomic E-state index is 0. The highest BCUT2D eigenvalue weighted by Crippen LogP contribution is 2.27. The maximum absolute atomic E-state index is 4.55. The molecule has 0 aliphatic rings. The van der Waals surface area contributed by atoms with Crippen LogP contribution in [0.2, 0.25) is 0 Å². The van der Waals surface area contributed by atoms with Crippen LogP contribution in [0.25, 0.3) is 10.2 Å². The van der Waals surface area contributed by atoms with Crippen molar-refractivity contribution in [2.75, 3.05) is 0 Å². The zero-order chi connectivity index (χ0) is 9.26. The summed E-state index contributed by atoms with van der Waals surface area (Å²) < 4.78 is 1.27. The van der Waals surface area contributed by atoms with Crippen molar-refractivity contribution in [3.05, 3.63) is 29.3 Å². The first-order valence-corrected chi connectivity index (χ1v) is 5.77. The van der Waals surface area contributed by atoms with Gasteiger partial charge in [-0.15, -0.1) is 11.3 Å². The van der Waals surface area contributed by atoms with E-state index in [9.17, 15) is 0 Å². The Kier molecular flexibility index (Phi) is 14.3. The summed E-state index contributed by atoms with van der Waals surface area (Å²) in [6.45, 7) is 2.16. The number of aromatic nitrogens is 1. The van der Waals surface area contributed by atoms with Crippen LogP contribution in [0.15, 0.2) is 24.3 Å². The summed E-state index contributed by atoms with van der Waals surface area (Å²) in [6.07, 6.45) is 1.08. The fraction of sp³-hybridized carbons (Fsp3) is 0.300. The summed E-state index contributed by atoms with van der Waals surface area (Å²) in [5.74, 6) is 0. The van der Waals surface area contributed by atoms with Gasteiger partial charge in [-0.05, 0) is 17.7 Å². The Bertz CT molecular complexity index is 387. The summed E-state index contributed by atoms with van der Waals surface area (Å²) in [4.78, 5) is 4.55. The zero-order valence-corrected chi connectivity index (χ0v) is 15.3. The Hall–Kier alpha value is 0.727. The van der Waals surface area contributed by atoms with Crippen LogP contribution in [0.3, 0.4) is 0 Å². The number of hydrogen-bond acceptors (Lipinski definition) is 2. The van der Waals surface area contributed by atoms with Gasteiger partial charge in [-0.2, -0.15) is 54.0 Å². The van der Waals surface area contributed by atoms with Gasteiger partial charge in [0, 0.05) is 10.2 Å². The molecule has 0 fully saturated rings. The summed E-state index contributed by atoms with van der Waals surface area (Å²) in [6, 6.07) is 8.26. The standard InChI is InChI=1S/C10H10NSSi.4H2S/c1-2-9(13)10-11-7-5-3-4-6-8(7)12-10;;;;/h3-6,9H,2H2,1H3;4*1H2. The molecule has 1 aromatic carbocycles. The van der Waals surface area contributed by atoms with E-state index in [1.807, 2.05) is 6.07 Å². The molecule has 0 saturated heterocycles. The maximum atomic E-state index is 4.55. The Morgan fingerprint density at radius 2 is 1.76 bits per heavy atom. The van der Waals surface area contributed by atoms with E-state index in [1.54, 1.807) is 11.3 Å². The van der Waals surface area contributed by atoms with Crippen molar-refractivity contribution < 1.29 is 0 Å². The molecule has 0 amide bonds. The number of rotatable bonds is 2.